The zero-order valence-corrected chi connectivity index (χ0v) is 80.6. The van der Waals surface area contributed by atoms with Gasteiger partial charge in [-0.1, -0.05) is 273 Å². The SMILES string of the molecule is CC1=NN(c2ccccc2)C(=O)C1=C/C=C/c1c(C)[nH]n(-c2ccccc2)c1=O.O=C1/C(=C\C=C\c2c(-c3ccccc3)nn(-c3ccccc3)c2O)C(c2ccccc2)=NN1c1ccccc1.O=C1C(=C/C=C/c2c(O)n(-c3ccccc3)c(=O)n(-c3ccccc3)c2=O)C(=O)N(c2ccccc2)C(=O)N1c1ccccc1.[C-]#[N+]c1c(C)c(C=CC=C2C(=O)N(c3ccccc3)C(=O)C(C#N)=C2C)c(=O)n(-c2ccccc2)c1O. The van der Waals surface area contributed by atoms with E-state index in [1.807, 2.05) is 195 Å². The molecule has 1 fully saturated rings. The molecule has 20 rings (SSSR count). The Morgan fingerprint density at radius 2 is 0.693 bits per heavy atom. The van der Waals surface area contributed by atoms with E-state index in [2.05, 4.69) is 20.1 Å². The largest absolute Gasteiger partial charge is 0.502 e. The molecule has 1 saturated heterocycles. The first-order valence-corrected chi connectivity index (χ1v) is 46.8. The fraction of sp³-hybridized carbons (Fsp3) is 0.0333. The van der Waals surface area contributed by atoms with E-state index >= 15 is 0 Å². The van der Waals surface area contributed by atoms with Crippen molar-refractivity contribution in [3.8, 4) is 63.4 Å². The Morgan fingerprint density at radius 3 is 1.17 bits per heavy atom. The number of barbiturate groups is 1. The summed E-state index contributed by atoms with van der Waals surface area (Å²) in [6.07, 6.45) is 18.4. The van der Waals surface area contributed by atoms with E-state index in [1.165, 1.54) is 62.8 Å². The predicted octanol–water partition coefficient (Wildman–Crippen LogP) is 20.1. The maximum atomic E-state index is 13.6. The molecule has 0 atom stereocenters. The number of pyridine rings is 1. The van der Waals surface area contributed by atoms with Crippen molar-refractivity contribution in [2.45, 2.75) is 27.7 Å². The number of hydrogen-bond donors (Lipinski definition) is 4. The van der Waals surface area contributed by atoms with Crippen LogP contribution in [0, 0.1) is 31.8 Å². The number of urea groups is 1. The molecule has 16 aromatic rings. The van der Waals surface area contributed by atoms with Crippen molar-refractivity contribution >= 4 is 111 Å². The number of amides is 8. The summed E-state index contributed by atoms with van der Waals surface area (Å²) in [7, 11) is 0. The number of aromatic amines is 1. The molecule has 0 bridgehead atoms. The van der Waals surface area contributed by atoms with Crippen LogP contribution >= 0.6 is 0 Å². The van der Waals surface area contributed by atoms with Crippen LogP contribution in [0.1, 0.15) is 52.9 Å². The van der Waals surface area contributed by atoms with Gasteiger partial charge in [-0.2, -0.15) is 30.6 Å². The Bertz CT molecular complexity index is 8620. The molecule has 150 heavy (non-hydrogen) atoms. The first-order valence-electron chi connectivity index (χ1n) is 46.8. The van der Waals surface area contributed by atoms with Crippen molar-refractivity contribution in [3.05, 3.63) is 538 Å². The number of nitriles is 1. The van der Waals surface area contributed by atoms with Gasteiger partial charge >= 0.3 is 11.7 Å². The fourth-order valence-electron chi connectivity index (χ4n) is 16.8. The van der Waals surface area contributed by atoms with E-state index in [4.69, 9.17) is 11.7 Å². The molecule has 4 aliphatic rings. The molecule has 8 heterocycles. The van der Waals surface area contributed by atoms with E-state index in [1.54, 1.807) is 232 Å². The van der Waals surface area contributed by atoms with Crippen molar-refractivity contribution in [2.24, 2.45) is 10.2 Å². The zero-order valence-electron chi connectivity index (χ0n) is 80.6. The highest BCUT2D eigenvalue weighted by molar-refractivity contribution is 6.45. The van der Waals surface area contributed by atoms with Gasteiger partial charge in [-0.15, -0.1) is 0 Å². The number of carbonyl (C=O) groups excluding carboxylic acids is 7. The van der Waals surface area contributed by atoms with Crippen LogP contribution in [0.4, 0.5) is 38.9 Å². The molecule has 4 aliphatic heterocycles. The molecule has 0 unspecified atom stereocenters. The highest BCUT2D eigenvalue weighted by atomic mass is 16.3. The molecule has 0 saturated carbocycles. The Labute approximate surface area is 857 Å². The maximum absolute atomic E-state index is 13.6. The number of H-pyrrole nitrogens is 1. The summed E-state index contributed by atoms with van der Waals surface area (Å²) < 4.78 is 5.98. The number of hydrogen-bond acceptors (Lipinski definition) is 18. The van der Waals surface area contributed by atoms with Gasteiger partial charge in [0.1, 0.15) is 34.2 Å². The molecular formula is C120H88N16O14. The van der Waals surface area contributed by atoms with Gasteiger partial charge in [0.25, 0.3) is 52.1 Å². The second kappa shape index (κ2) is 45.2. The van der Waals surface area contributed by atoms with Crippen molar-refractivity contribution in [1.82, 2.24) is 33.3 Å². The number of aryl methyl sites for hydroxylation is 1. The number of nitrogens with one attached hydrogen (secondary N) is 1. The number of nitrogens with zero attached hydrogens (tertiary/aromatic N) is 15. The van der Waals surface area contributed by atoms with Gasteiger partial charge in [0.05, 0.1) is 91.4 Å². The third-order valence-electron chi connectivity index (χ3n) is 24.2. The third kappa shape index (κ3) is 20.7. The number of anilines is 5. The number of benzene rings is 12. The molecule has 0 spiro atoms. The van der Waals surface area contributed by atoms with Gasteiger partial charge in [0, 0.05) is 28.0 Å². The summed E-state index contributed by atoms with van der Waals surface area (Å²) in [5.41, 5.74) is 8.69. The second-order valence-electron chi connectivity index (χ2n) is 33.6. The minimum atomic E-state index is -0.867. The lowest BCUT2D eigenvalue weighted by atomic mass is 9.94. The number of imide groups is 3. The molecule has 4 aromatic heterocycles. The minimum absolute atomic E-state index is 0.00955. The lowest BCUT2D eigenvalue weighted by molar-refractivity contribution is -0.124. The minimum Gasteiger partial charge on any atom is -0.502 e. The summed E-state index contributed by atoms with van der Waals surface area (Å²) in [6.45, 7) is 14.2. The number of aromatic hydroxyl groups is 3. The first-order chi connectivity index (χ1) is 73.0. The van der Waals surface area contributed by atoms with Gasteiger partial charge in [-0.3, -0.25) is 52.8 Å². The average molecular weight is 1980 g/mol. The Kier molecular flexibility index (Phi) is 30.2. The van der Waals surface area contributed by atoms with Gasteiger partial charge in [0.2, 0.25) is 23.3 Å². The fourth-order valence-corrected chi connectivity index (χ4v) is 16.8. The number of aromatic nitrogens is 7. The van der Waals surface area contributed by atoms with E-state index in [9.17, 15) is 73.3 Å². The number of carbonyl (C=O) groups is 7. The van der Waals surface area contributed by atoms with E-state index in [0.717, 1.165) is 62.3 Å². The molecule has 30 heteroatoms. The molecule has 8 amide bonds. The quantitative estimate of drug-likeness (QED) is 0.0238. The normalized spacial score (nSPS) is 14.4. The molecule has 4 N–H and O–H groups in total. The standard InChI is InChI=1S/C35H24N4O6.C33H24N4O2.C29H20N4O4.C23H20N4O2/c40-30-28(31(41)37(25-16-7-2-8-17-25)34(44)36(30)24-14-5-1-6-15-24)22-13-23-29-32(42)38(26-18-9-3-10-19-26)35(45)39(33(29)43)27-20-11-4-12-21-27;38-32-28(30(24-14-5-1-6-15-24)34-36(32)26-18-9-3-10-19-26)22-13-23-29-31(25-16-7-2-8-17-25)35-37(33(29)39)27-20-11-4-12-21-27;1-18-22(26(34)32(28(36)24(18)17-30)20-11-6-4-7-12-20)15-10-16-23-19(2)25(31-3)29(37)33(27(23)35)21-13-8-5-9-14-21;1-16-20(22(28)26(24-16)18-10-5-3-6-11-18)14-9-15-21-17(2)25-27(23(21)29)19-12-7-4-8-13-19/h1-23,40H;1-23,38H;4-16,37H,1-2H3;3-15,24H,1-2H3/b22-13+;22-13+,29-23-;;14-9+,21-15?. The highest BCUT2D eigenvalue weighted by Crippen LogP contribution is 2.39. The van der Waals surface area contributed by atoms with E-state index in [-0.39, 0.29) is 85.0 Å². The summed E-state index contributed by atoms with van der Waals surface area (Å²) in [5.74, 6) is -4.55. The van der Waals surface area contributed by atoms with Crippen LogP contribution in [0.5, 0.6) is 17.6 Å². The second-order valence-corrected chi connectivity index (χ2v) is 33.6. The van der Waals surface area contributed by atoms with Crippen molar-refractivity contribution in [2.75, 3.05) is 24.7 Å². The van der Waals surface area contributed by atoms with Gasteiger partial charge in [-0.25, -0.2) is 47.6 Å². The Morgan fingerprint density at radius 1 is 0.333 bits per heavy atom. The Hall–Kier alpha value is -21.4. The van der Waals surface area contributed by atoms with E-state index < -0.39 is 58.2 Å². The number of para-hydroxylation sites is 10. The maximum Gasteiger partial charge on any atom is 0.343 e. The van der Waals surface area contributed by atoms with Crippen LogP contribution < -0.4 is 47.1 Å². The van der Waals surface area contributed by atoms with Gasteiger partial charge in [0.15, 0.2) is 0 Å². The van der Waals surface area contributed by atoms with Crippen molar-refractivity contribution in [1.29, 1.82) is 5.26 Å². The lowest BCUT2D eigenvalue weighted by Crippen LogP contribution is -2.57. The molecular weight excluding hydrogens is 1890 g/mol. The molecule has 12 aromatic carbocycles. The third-order valence-corrected chi connectivity index (χ3v) is 24.2. The lowest BCUT2D eigenvalue weighted by Gasteiger charge is -2.33. The summed E-state index contributed by atoms with van der Waals surface area (Å²) >= 11 is 0. The summed E-state index contributed by atoms with van der Waals surface area (Å²) in [5, 5.41) is 62.3. The zero-order chi connectivity index (χ0) is 105. The molecule has 30 nitrogen and oxygen atoms in total. The van der Waals surface area contributed by atoms with Crippen molar-refractivity contribution in [3.63, 3.8) is 0 Å². The van der Waals surface area contributed by atoms with Crippen LogP contribution in [-0.2, 0) is 28.8 Å². The van der Waals surface area contributed by atoms with Crippen LogP contribution in [0.3, 0.4) is 0 Å². The summed E-state index contributed by atoms with van der Waals surface area (Å²) in [6, 6.07) is 107. The monoisotopic (exact) mass is 1980 g/mol. The first kappa shape index (κ1) is 100. The van der Waals surface area contributed by atoms with Crippen molar-refractivity contribution < 1.29 is 48.9 Å². The molecule has 0 radical (unpaired) electrons. The number of allylic oxidation sites excluding steroid dienone is 8. The Balaban J connectivity index is 0.000000138. The summed E-state index contributed by atoms with van der Waals surface area (Å²) in [4.78, 5) is 153. The average Bonchev–Trinajstić information content (AvgIpc) is 1.22. The number of rotatable bonds is 20. The smallest absolute Gasteiger partial charge is 0.343 e. The van der Waals surface area contributed by atoms with Gasteiger partial charge < -0.3 is 15.3 Å². The van der Waals surface area contributed by atoms with E-state index in [0.29, 0.717) is 62.1 Å². The molecule has 732 valence electrons. The van der Waals surface area contributed by atoms with Crippen LogP contribution in [0.2, 0.25) is 0 Å². The van der Waals surface area contributed by atoms with Gasteiger partial charge in [-0.05, 0) is 203 Å². The van der Waals surface area contributed by atoms with Crippen LogP contribution in [0.25, 0.3) is 68.8 Å². The number of hydrazone groups is 2. The van der Waals surface area contributed by atoms with Crippen LogP contribution in [-0.4, -0.2) is 101 Å². The topological polar surface area (TPSA) is 371 Å². The highest BCUT2D eigenvalue weighted by Gasteiger charge is 2.44. The predicted molar refractivity (Wildman–Crippen MR) is 579 cm³/mol. The van der Waals surface area contributed by atoms with Crippen LogP contribution in [0.15, 0.2) is 475 Å². The molecule has 0 aliphatic carbocycles.